The molecule has 0 radical (unpaired) electrons. The summed E-state index contributed by atoms with van der Waals surface area (Å²) in [5.74, 6) is -2.10. The van der Waals surface area contributed by atoms with Crippen molar-refractivity contribution < 1.29 is 19.0 Å². The third-order valence-electron chi connectivity index (χ3n) is 2.67. The number of rotatable bonds is 4. The van der Waals surface area contributed by atoms with E-state index in [1.165, 1.54) is 12.1 Å². The Morgan fingerprint density at radius 2 is 2.00 bits per heavy atom. The molecule has 0 aliphatic heterocycles. The molecular weight excluding hydrogens is 247 g/mol. The fourth-order valence-corrected chi connectivity index (χ4v) is 1.80. The third-order valence-corrected chi connectivity index (χ3v) is 2.67. The van der Waals surface area contributed by atoms with Gasteiger partial charge in [0.1, 0.15) is 23.7 Å². The average molecular weight is 260 g/mol. The van der Waals surface area contributed by atoms with Crippen LogP contribution >= 0.6 is 0 Å². The van der Waals surface area contributed by atoms with Crippen molar-refractivity contribution in [3.05, 3.63) is 65.0 Å². The van der Waals surface area contributed by atoms with E-state index in [2.05, 4.69) is 0 Å². The van der Waals surface area contributed by atoms with E-state index in [1.807, 2.05) is 31.2 Å². The zero-order chi connectivity index (χ0) is 13.8. The van der Waals surface area contributed by atoms with Crippen molar-refractivity contribution in [2.45, 2.75) is 13.5 Å². The Morgan fingerprint density at radius 3 is 2.68 bits per heavy atom. The lowest BCUT2D eigenvalue weighted by Crippen LogP contribution is -2.06. The highest BCUT2D eigenvalue weighted by molar-refractivity contribution is 5.91. The number of carbonyl (C=O) groups is 1. The second-order valence-corrected chi connectivity index (χ2v) is 4.20. The van der Waals surface area contributed by atoms with Gasteiger partial charge < -0.3 is 9.84 Å². The molecule has 4 heteroatoms. The first-order valence-corrected chi connectivity index (χ1v) is 5.78. The minimum Gasteiger partial charge on any atom is -0.488 e. The van der Waals surface area contributed by atoms with Crippen LogP contribution in [0, 0.1) is 12.7 Å². The van der Waals surface area contributed by atoms with Gasteiger partial charge in [-0.25, -0.2) is 9.18 Å². The van der Waals surface area contributed by atoms with E-state index in [0.717, 1.165) is 17.2 Å². The van der Waals surface area contributed by atoms with E-state index in [0.29, 0.717) is 0 Å². The van der Waals surface area contributed by atoms with Gasteiger partial charge in [-0.05, 0) is 24.6 Å². The normalized spacial score (nSPS) is 10.2. The molecule has 0 amide bonds. The molecule has 19 heavy (non-hydrogen) atoms. The number of carboxylic acids is 1. The third kappa shape index (κ3) is 3.10. The Labute approximate surface area is 110 Å². The lowest BCUT2D eigenvalue weighted by molar-refractivity contribution is 0.0686. The van der Waals surface area contributed by atoms with Gasteiger partial charge in [-0.3, -0.25) is 0 Å². The van der Waals surface area contributed by atoms with E-state index in [1.54, 1.807) is 0 Å². The fourth-order valence-electron chi connectivity index (χ4n) is 1.80. The SMILES string of the molecule is Cc1cccc(COc2cccc(F)c2C(=O)O)c1. The molecule has 0 aliphatic carbocycles. The van der Waals surface area contributed by atoms with Gasteiger partial charge in [-0.15, -0.1) is 0 Å². The van der Waals surface area contributed by atoms with E-state index in [-0.39, 0.29) is 12.4 Å². The number of halogens is 1. The van der Waals surface area contributed by atoms with E-state index < -0.39 is 17.3 Å². The molecule has 0 atom stereocenters. The molecule has 0 fully saturated rings. The first kappa shape index (κ1) is 13.1. The van der Waals surface area contributed by atoms with Crippen molar-refractivity contribution in [2.75, 3.05) is 0 Å². The zero-order valence-electron chi connectivity index (χ0n) is 10.4. The summed E-state index contributed by atoms with van der Waals surface area (Å²) in [6.45, 7) is 2.15. The number of hydrogen-bond acceptors (Lipinski definition) is 2. The number of aromatic carboxylic acids is 1. The molecule has 0 saturated carbocycles. The number of carboxylic acid groups (broad SMARTS) is 1. The molecule has 2 rings (SSSR count). The number of ether oxygens (including phenoxy) is 1. The van der Waals surface area contributed by atoms with Gasteiger partial charge in [-0.2, -0.15) is 0 Å². The van der Waals surface area contributed by atoms with Gasteiger partial charge >= 0.3 is 5.97 Å². The molecule has 0 heterocycles. The molecule has 98 valence electrons. The largest absolute Gasteiger partial charge is 0.488 e. The average Bonchev–Trinajstić information content (AvgIpc) is 2.36. The first-order chi connectivity index (χ1) is 9.08. The maximum atomic E-state index is 13.4. The Kier molecular flexibility index (Phi) is 3.80. The Morgan fingerprint density at radius 1 is 1.26 bits per heavy atom. The number of hydrogen-bond donors (Lipinski definition) is 1. The van der Waals surface area contributed by atoms with Crippen LogP contribution in [0.1, 0.15) is 21.5 Å². The topological polar surface area (TPSA) is 46.5 Å². The molecule has 0 unspecified atom stereocenters. The Bertz CT molecular complexity index is 608. The second kappa shape index (κ2) is 5.52. The summed E-state index contributed by atoms with van der Waals surface area (Å²) in [7, 11) is 0. The summed E-state index contributed by atoms with van der Waals surface area (Å²) in [6, 6.07) is 11.6. The van der Waals surface area contributed by atoms with Crippen molar-refractivity contribution in [3.8, 4) is 5.75 Å². The first-order valence-electron chi connectivity index (χ1n) is 5.78. The van der Waals surface area contributed by atoms with E-state index in [9.17, 15) is 9.18 Å². The van der Waals surface area contributed by atoms with Crippen LogP contribution in [0.4, 0.5) is 4.39 Å². The van der Waals surface area contributed by atoms with Crippen molar-refractivity contribution in [3.63, 3.8) is 0 Å². The van der Waals surface area contributed by atoms with Crippen molar-refractivity contribution >= 4 is 5.97 Å². The molecule has 2 aromatic carbocycles. The summed E-state index contributed by atoms with van der Waals surface area (Å²) >= 11 is 0. The maximum Gasteiger partial charge on any atom is 0.342 e. The van der Waals surface area contributed by atoms with Crippen LogP contribution < -0.4 is 4.74 Å². The fraction of sp³-hybridized carbons (Fsp3) is 0.133. The minimum absolute atomic E-state index is 0.0361. The summed E-state index contributed by atoms with van der Waals surface area (Å²) in [6.07, 6.45) is 0. The summed E-state index contributed by atoms with van der Waals surface area (Å²) in [5.41, 5.74) is 1.55. The van der Waals surface area contributed by atoms with Crippen LogP contribution in [0.15, 0.2) is 42.5 Å². The summed E-state index contributed by atoms with van der Waals surface area (Å²) < 4.78 is 18.8. The van der Waals surface area contributed by atoms with Crippen LogP contribution in [0.25, 0.3) is 0 Å². The molecule has 0 aliphatic rings. The molecule has 1 N–H and O–H groups in total. The monoisotopic (exact) mass is 260 g/mol. The molecular formula is C15H13FO3. The number of benzene rings is 2. The van der Waals surface area contributed by atoms with Gasteiger partial charge in [0, 0.05) is 0 Å². The second-order valence-electron chi connectivity index (χ2n) is 4.20. The minimum atomic E-state index is -1.34. The molecule has 0 saturated heterocycles. The van der Waals surface area contributed by atoms with Crippen molar-refractivity contribution in [2.24, 2.45) is 0 Å². The highest BCUT2D eigenvalue weighted by Gasteiger charge is 2.16. The highest BCUT2D eigenvalue weighted by atomic mass is 19.1. The van der Waals surface area contributed by atoms with Crippen LogP contribution in [-0.4, -0.2) is 11.1 Å². The van der Waals surface area contributed by atoms with Crippen LogP contribution in [0.2, 0.25) is 0 Å². The molecule has 2 aromatic rings. The van der Waals surface area contributed by atoms with Gasteiger partial charge in [-0.1, -0.05) is 35.9 Å². The standard InChI is InChI=1S/C15H13FO3/c1-10-4-2-5-11(8-10)9-19-13-7-3-6-12(16)14(13)15(17)18/h2-8H,9H2,1H3,(H,17,18). The van der Waals surface area contributed by atoms with Gasteiger partial charge in [0.15, 0.2) is 0 Å². The van der Waals surface area contributed by atoms with Gasteiger partial charge in [0.2, 0.25) is 0 Å². The molecule has 0 aromatic heterocycles. The number of aryl methyl sites for hydroxylation is 1. The molecule has 0 spiro atoms. The van der Waals surface area contributed by atoms with Crippen LogP contribution in [-0.2, 0) is 6.61 Å². The van der Waals surface area contributed by atoms with Gasteiger partial charge in [0.25, 0.3) is 0 Å². The van der Waals surface area contributed by atoms with Crippen LogP contribution in [0.3, 0.4) is 0 Å². The summed E-state index contributed by atoms with van der Waals surface area (Å²) in [4.78, 5) is 11.0. The van der Waals surface area contributed by atoms with E-state index >= 15 is 0 Å². The van der Waals surface area contributed by atoms with Crippen molar-refractivity contribution in [1.29, 1.82) is 0 Å². The predicted molar refractivity (Wildman–Crippen MR) is 68.9 cm³/mol. The smallest absolute Gasteiger partial charge is 0.342 e. The lowest BCUT2D eigenvalue weighted by Gasteiger charge is -2.10. The zero-order valence-corrected chi connectivity index (χ0v) is 10.4. The van der Waals surface area contributed by atoms with Crippen molar-refractivity contribution in [1.82, 2.24) is 0 Å². The quantitative estimate of drug-likeness (QED) is 0.916. The molecule has 3 nitrogen and oxygen atoms in total. The Balaban J connectivity index is 2.20. The maximum absolute atomic E-state index is 13.4. The summed E-state index contributed by atoms with van der Waals surface area (Å²) in [5, 5.41) is 8.97. The van der Waals surface area contributed by atoms with E-state index in [4.69, 9.17) is 9.84 Å². The predicted octanol–water partition coefficient (Wildman–Crippen LogP) is 3.41. The van der Waals surface area contributed by atoms with Gasteiger partial charge in [0.05, 0.1) is 0 Å². The van der Waals surface area contributed by atoms with Crippen LogP contribution in [0.5, 0.6) is 5.75 Å². The molecule has 0 bridgehead atoms. The lowest BCUT2D eigenvalue weighted by atomic mass is 10.1. The highest BCUT2D eigenvalue weighted by Crippen LogP contribution is 2.22. The Hall–Kier alpha value is -2.36.